The number of benzene rings is 1. The first-order chi connectivity index (χ1) is 9.06. The molecule has 0 saturated heterocycles. The average molecular weight is 277 g/mol. The first-order valence-electron chi connectivity index (χ1n) is 5.27. The van der Waals surface area contributed by atoms with Gasteiger partial charge in [0.15, 0.2) is 10.8 Å². The second-order valence-electron chi connectivity index (χ2n) is 3.64. The van der Waals surface area contributed by atoms with Gasteiger partial charge in [0.25, 0.3) is 5.91 Å². The van der Waals surface area contributed by atoms with Crippen molar-refractivity contribution in [1.82, 2.24) is 10.2 Å². The van der Waals surface area contributed by atoms with Crippen LogP contribution in [-0.4, -0.2) is 22.0 Å². The molecule has 0 saturated carbocycles. The van der Waals surface area contributed by atoms with E-state index in [2.05, 4.69) is 15.5 Å². The van der Waals surface area contributed by atoms with Crippen LogP contribution in [0, 0.1) is 0 Å². The van der Waals surface area contributed by atoms with Gasteiger partial charge in [-0.25, -0.2) is 0 Å². The minimum atomic E-state index is -0.526. The molecule has 0 aliphatic heterocycles. The second kappa shape index (κ2) is 5.45. The fraction of sp³-hybridized carbons (Fsp3) is 0. The molecule has 1 aromatic carbocycles. The van der Waals surface area contributed by atoms with Crippen molar-refractivity contribution in [3.05, 3.63) is 52.8 Å². The van der Waals surface area contributed by atoms with Gasteiger partial charge >= 0.3 is 0 Å². The Morgan fingerprint density at radius 2 is 1.74 bits per heavy atom. The Bertz CT molecular complexity index is 611. The van der Waals surface area contributed by atoms with Gasteiger partial charge in [-0.15, -0.1) is 10.2 Å². The molecular formula is C12H9ClN4O2. The lowest BCUT2D eigenvalue weighted by Crippen LogP contribution is -2.15. The van der Waals surface area contributed by atoms with Gasteiger partial charge < -0.3 is 11.1 Å². The summed E-state index contributed by atoms with van der Waals surface area (Å²) in [4.78, 5) is 22.7. The molecule has 1 heterocycles. The Hall–Kier alpha value is -2.47. The van der Waals surface area contributed by atoms with Gasteiger partial charge in [0, 0.05) is 11.3 Å². The third-order valence-electron chi connectivity index (χ3n) is 2.29. The van der Waals surface area contributed by atoms with Crippen LogP contribution in [0.3, 0.4) is 0 Å². The summed E-state index contributed by atoms with van der Waals surface area (Å²) in [5.41, 5.74) is 6.14. The van der Waals surface area contributed by atoms with E-state index in [9.17, 15) is 9.59 Å². The van der Waals surface area contributed by atoms with Crippen LogP contribution in [0.5, 0.6) is 0 Å². The summed E-state index contributed by atoms with van der Waals surface area (Å²) >= 11 is 5.57. The predicted molar refractivity (Wildman–Crippen MR) is 70.0 cm³/mol. The van der Waals surface area contributed by atoms with Crippen molar-refractivity contribution >= 4 is 29.1 Å². The molecule has 2 aromatic rings. The SMILES string of the molecule is NC(=O)c1ccc(NC(=O)c2ccc(Cl)nn2)cc1. The largest absolute Gasteiger partial charge is 0.366 e. The monoisotopic (exact) mass is 276 g/mol. The molecule has 3 N–H and O–H groups in total. The van der Waals surface area contributed by atoms with Gasteiger partial charge in [-0.05, 0) is 36.4 Å². The van der Waals surface area contributed by atoms with Crippen LogP contribution in [0.2, 0.25) is 5.15 Å². The highest BCUT2D eigenvalue weighted by Gasteiger charge is 2.08. The van der Waals surface area contributed by atoms with Crippen LogP contribution in [0.4, 0.5) is 5.69 Å². The van der Waals surface area contributed by atoms with Crippen molar-refractivity contribution in [1.29, 1.82) is 0 Å². The molecule has 1 aromatic heterocycles. The molecule has 0 aliphatic rings. The zero-order chi connectivity index (χ0) is 13.8. The number of hydrogen-bond acceptors (Lipinski definition) is 4. The van der Waals surface area contributed by atoms with Crippen LogP contribution in [0.15, 0.2) is 36.4 Å². The van der Waals surface area contributed by atoms with E-state index in [4.69, 9.17) is 17.3 Å². The van der Waals surface area contributed by atoms with E-state index < -0.39 is 11.8 Å². The summed E-state index contributed by atoms with van der Waals surface area (Å²) in [6.45, 7) is 0. The third-order valence-corrected chi connectivity index (χ3v) is 2.49. The quantitative estimate of drug-likeness (QED) is 0.887. The molecule has 0 spiro atoms. The number of hydrogen-bond donors (Lipinski definition) is 2. The fourth-order valence-electron chi connectivity index (χ4n) is 1.35. The highest BCUT2D eigenvalue weighted by atomic mass is 35.5. The van der Waals surface area contributed by atoms with Gasteiger partial charge in [-0.1, -0.05) is 11.6 Å². The Labute approximate surface area is 113 Å². The summed E-state index contributed by atoms with van der Waals surface area (Å²) in [5, 5.41) is 10.0. The molecule has 0 atom stereocenters. The molecule has 7 heteroatoms. The molecule has 19 heavy (non-hydrogen) atoms. The maximum atomic E-state index is 11.8. The summed E-state index contributed by atoms with van der Waals surface area (Å²) in [7, 11) is 0. The lowest BCUT2D eigenvalue weighted by atomic mass is 10.2. The molecular weight excluding hydrogens is 268 g/mol. The first kappa shape index (κ1) is 13.0. The summed E-state index contributed by atoms with van der Waals surface area (Å²) < 4.78 is 0. The molecule has 6 nitrogen and oxygen atoms in total. The van der Waals surface area contributed by atoms with E-state index in [-0.39, 0.29) is 10.8 Å². The van der Waals surface area contributed by atoms with Crippen molar-refractivity contribution in [2.75, 3.05) is 5.32 Å². The van der Waals surface area contributed by atoms with E-state index in [1.165, 1.54) is 24.3 Å². The fourth-order valence-corrected chi connectivity index (χ4v) is 1.45. The molecule has 2 amide bonds. The number of nitrogens with zero attached hydrogens (tertiary/aromatic N) is 2. The number of anilines is 1. The maximum Gasteiger partial charge on any atom is 0.276 e. The smallest absolute Gasteiger partial charge is 0.276 e. The number of nitrogens with one attached hydrogen (secondary N) is 1. The standard InChI is InChI=1S/C12H9ClN4O2/c13-10-6-5-9(16-17-10)12(19)15-8-3-1-7(2-4-8)11(14)18/h1-6H,(H2,14,18)(H,15,19). The normalized spacial score (nSPS) is 9.95. The topological polar surface area (TPSA) is 98.0 Å². The third kappa shape index (κ3) is 3.26. The van der Waals surface area contributed by atoms with Gasteiger partial charge in [-0.3, -0.25) is 9.59 Å². The molecule has 0 aliphatic carbocycles. The number of nitrogens with two attached hydrogens (primary N) is 1. The van der Waals surface area contributed by atoms with Crippen molar-refractivity contribution in [3.8, 4) is 0 Å². The summed E-state index contributed by atoms with van der Waals surface area (Å²) in [6, 6.07) is 9.11. The van der Waals surface area contributed by atoms with Crippen molar-refractivity contribution < 1.29 is 9.59 Å². The van der Waals surface area contributed by atoms with Gasteiger partial charge in [0.2, 0.25) is 5.91 Å². The molecule has 0 bridgehead atoms. The van der Waals surface area contributed by atoms with Crippen molar-refractivity contribution in [2.24, 2.45) is 5.73 Å². The summed E-state index contributed by atoms with van der Waals surface area (Å²) in [5.74, 6) is -0.947. The van der Waals surface area contributed by atoms with E-state index in [1.807, 2.05) is 0 Å². The zero-order valence-electron chi connectivity index (χ0n) is 9.63. The molecule has 0 radical (unpaired) electrons. The second-order valence-corrected chi connectivity index (χ2v) is 4.02. The number of halogens is 1. The van der Waals surface area contributed by atoms with E-state index >= 15 is 0 Å². The first-order valence-corrected chi connectivity index (χ1v) is 5.64. The van der Waals surface area contributed by atoms with E-state index in [0.717, 1.165) is 0 Å². The lowest BCUT2D eigenvalue weighted by Gasteiger charge is -2.04. The predicted octanol–water partition coefficient (Wildman–Crippen LogP) is 1.48. The van der Waals surface area contributed by atoms with Crippen LogP contribution < -0.4 is 11.1 Å². The number of carbonyl (C=O) groups excluding carboxylic acids is 2. The van der Waals surface area contributed by atoms with E-state index in [1.54, 1.807) is 12.1 Å². The number of carbonyl (C=O) groups is 2. The van der Waals surface area contributed by atoms with Crippen LogP contribution in [0.1, 0.15) is 20.8 Å². The maximum absolute atomic E-state index is 11.8. The molecule has 0 unspecified atom stereocenters. The van der Waals surface area contributed by atoms with E-state index in [0.29, 0.717) is 11.3 Å². The lowest BCUT2D eigenvalue weighted by molar-refractivity contribution is 0.0997. The highest BCUT2D eigenvalue weighted by Crippen LogP contribution is 2.11. The zero-order valence-corrected chi connectivity index (χ0v) is 10.4. The average Bonchev–Trinajstić information content (AvgIpc) is 2.40. The Morgan fingerprint density at radius 1 is 1.05 bits per heavy atom. The number of aromatic nitrogens is 2. The van der Waals surface area contributed by atoms with Crippen molar-refractivity contribution in [3.63, 3.8) is 0 Å². The van der Waals surface area contributed by atoms with Crippen molar-refractivity contribution in [2.45, 2.75) is 0 Å². The Morgan fingerprint density at radius 3 is 2.26 bits per heavy atom. The van der Waals surface area contributed by atoms with Crippen LogP contribution in [-0.2, 0) is 0 Å². The highest BCUT2D eigenvalue weighted by molar-refractivity contribution is 6.29. The summed E-state index contributed by atoms with van der Waals surface area (Å²) in [6.07, 6.45) is 0. The Kier molecular flexibility index (Phi) is 3.72. The van der Waals surface area contributed by atoms with Gasteiger partial charge in [0.05, 0.1) is 0 Å². The molecule has 96 valence electrons. The number of rotatable bonds is 3. The van der Waals surface area contributed by atoms with Crippen LogP contribution in [0.25, 0.3) is 0 Å². The number of amides is 2. The Balaban J connectivity index is 2.10. The molecule has 0 fully saturated rings. The molecule has 2 rings (SSSR count). The van der Waals surface area contributed by atoms with Crippen LogP contribution >= 0.6 is 11.6 Å². The van der Waals surface area contributed by atoms with Gasteiger partial charge in [-0.2, -0.15) is 0 Å². The number of primary amides is 1. The minimum Gasteiger partial charge on any atom is -0.366 e. The van der Waals surface area contributed by atoms with Gasteiger partial charge in [0.1, 0.15) is 0 Å². The minimum absolute atomic E-state index is 0.142.